The standard InChI is InChI=1S/C22H23N3O4/c26-14-18-17-13-20(24-19(17)5-6-21(18)27)15-1-3-16(4-2-15)22(28)23-7-8-25-9-11-29-12-10-25/h1-6,14,27H,7-13H2,(H,23,28). The van der Waals surface area contributed by atoms with Gasteiger partial charge in [-0.1, -0.05) is 12.1 Å². The molecule has 0 aliphatic carbocycles. The van der Waals surface area contributed by atoms with Gasteiger partial charge in [-0.05, 0) is 35.4 Å². The van der Waals surface area contributed by atoms with E-state index in [-0.39, 0.29) is 17.2 Å². The molecule has 4 rings (SSSR count). The predicted octanol–water partition coefficient (Wildman–Crippen LogP) is 1.94. The summed E-state index contributed by atoms with van der Waals surface area (Å²) < 4.78 is 5.32. The van der Waals surface area contributed by atoms with Crippen molar-refractivity contribution < 1.29 is 19.4 Å². The highest BCUT2D eigenvalue weighted by Crippen LogP contribution is 2.35. The van der Waals surface area contributed by atoms with Crippen molar-refractivity contribution in [3.63, 3.8) is 0 Å². The first-order chi connectivity index (χ1) is 14.2. The minimum Gasteiger partial charge on any atom is -0.507 e. The summed E-state index contributed by atoms with van der Waals surface area (Å²) in [5.41, 5.74) is 4.02. The highest BCUT2D eigenvalue weighted by molar-refractivity contribution is 6.08. The second kappa shape index (κ2) is 8.55. The number of carbonyl (C=O) groups excluding carboxylic acids is 2. The van der Waals surface area contributed by atoms with Gasteiger partial charge in [-0.25, -0.2) is 0 Å². The van der Waals surface area contributed by atoms with Gasteiger partial charge in [0.15, 0.2) is 6.29 Å². The molecule has 7 nitrogen and oxygen atoms in total. The third-order valence-corrected chi connectivity index (χ3v) is 5.32. The molecule has 1 fully saturated rings. The maximum absolute atomic E-state index is 12.4. The van der Waals surface area contributed by atoms with Crippen molar-refractivity contribution in [1.82, 2.24) is 10.2 Å². The Morgan fingerprint density at radius 3 is 2.66 bits per heavy atom. The number of aliphatic imine (C=N–C) groups is 1. The van der Waals surface area contributed by atoms with Crippen LogP contribution < -0.4 is 5.32 Å². The fourth-order valence-electron chi connectivity index (χ4n) is 3.65. The van der Waals surface area contributed by atoms with Crippen molar-refractivity contribution in [2.45, 2.75) is 6.42 Å². The average Bonchev–Trinajstić information content (AvgIpc) is 3.19. The molecule has 2 aliphatic heterocycles. The number of rotatable bonds is 6. The summed E-state index contributed by atoms with van der Waals surface area (Å²) >= 11 is 0. The van der Waals surface area contributed by atoms with Crippen LogP contribution in [0.25, 0.3) is 0 Å². The normalized spacial score (nSPS) is 16.2. The van der Waals surface area contributed by atoms with E-state index in [0.29, 0.717) is 30.5 Å². The number of fused-ring (bicyclic) bond motifs is 1. The zero-order valence-electron chi connectivity index (χ0n) is 16.1. The first kappa shape index (κ1) is 19.3. The summed E-state index contributed by atoms with van der Waals surface area (Å²) in [5.74, 6) is -0.131. The third kappa shape index (κ3) is 4.21. The Kier molecular flexibility index (Phi) is 5.69. The highest BCUT2D eigenvalue weighted by Gasteiger charge is 2.21. The highest BCUT2D eigenvalue weighted by atomic mass is 16.5. The Balaban J connectivity index is 1.37. The molecular formula is C22H23N3O4. The van der Waals surface area contributed by atoms with E-state index in [1.807, 2.05) is 12.1 Å². The second-order valence-corrected chi connectivity index (χ2v) is 7.14. The van der Waals surface area contributed by atoms with Gasteiger partial charge < -0.3 is 15.2 Å². The van der Waals surface area contributed by atoms with E-state index in [2.05, 4.69) is 15.2 Å². The number of morpholine rings is 1. The van der Waals surface area contributed by atoms with Crippen molar-refractivity contribution in [3.05, 3.63) is 58.7 Å². The third-order valence-electron chi connectivity index (χ3n) is 5.32. The number of aromatic hydroxyl groups is 1. The molecule has 2 heterocycles. The molecule has 0 aromatic heterocycles. The van der Waals surface area contributed by atoms with Gasteiger partial charge in [-0.3, -0.25) is 19.5 Å². The molecule has 0 atom stereocenters. The van der Waals surface area contributed by atoms with Gasteiger partial charge in [0.05, 0.1) is 30.2 Å². The van der Waals surface area contributed by atoms with Crippen molar-refractivity contribution in [1.29, 1.82) is 0 Å². The molecule has 0 spiro atoms. The van der Waals surface area contributed by atoms with Crippen LogP contribution in [0.2, 0.25) is 0 Å². The summed E-state index contributed by atoms with van der Waals surface area (Å²) in [6.45, 7) is 4.71. The molecule has 0 bridgehead atoms. The van der Waals surface area contributed by atoms with Crippen molar-refractivity contribution in [2.75, 3.05) is 39.4 Å². The van der Waals surface area contributed by atoms with Crippen LogP contribution in [0.3, 0.4) is 0 Å². The number of hydrogen-bond acceptors (Lipinski definition) is 6. The lowest BCUT2D eigenvalue weighted by molar-refractivity contribution is 0.0383. The van der Waals surface area contributed by atoms with E-state index in [9.17, 15) is 14.7 Å². The van der Waals surface area contributed by atoms with Crippen LogP contribution in [0.1, 0.15) is 31.8 Å². The number of phenolic OH excluding ortho intramolecular Hbond substituents is 1. The van der Waals surface area contributed by atoms with E-state index >= 15 is 0 Å². The molecule has 150 valence electrons. The van der Waals surface area contributed by atoms with Crippen LogP contribution in [-0.4, -0.2) is 67.3 Å². The van der Waals surface area contributed by atoms with Crippen molar-refractivity contribution >= 4 is 23.6 Å². The lowest BCUT2D eigenvalue weighted by Gasteiger charge is -2.26. The molecular weight excluding hydrogens is 370 g/mol. The Morgan fingerprint density at radius 2 is 1.93 bits per heavy atom. The SMILES string of the molecule is O=Cc1c(O)ccc2c1CC(c1ccc(C(=O)NCCN3CCOCC3)cc1)=N2. The van der Waals surface area contributed by atoms with Gasteiger partial charge in [-0.2, -0.15) is 0 Å². The zero-order chi connectivity index (χ0) is 20.2. The summed E-state index contributed by atoms with van der Waals surface area (Å²) in [7, 11) is 0. The fraction of sp³-hybridized carbons (Fsp3) is 0.318. The number of carbonyl (C=O) groups is 2. The summed E-state index contributed by atoms with van der Waals surface area (Å²) in [6, 6.07) is 10.5. The molecule has 0 saturated carbocycles. The van der Waals surface area contributed by atoms with E-state index in [1.165, 1.54) is 6.07 Å². The topological polar surface area (TPSA) is 91.2 Å². The lowest BCUT2D eigenvalue weighted by Crippen LogP contribution is -2.41. The number of benzene rings is 2. The number of ether oxygens (including phenoxy) is 1. The number of aldehydes is 1. The molecule has 2 aromatic carbocycles. The number of hydrogen-bond donors (Lipinski definition) is 2. The monoisotopic (exact) mass is 393 g/mol. The second-order valence-electron chi connectivity index (χ2n) is 7.14. The Morgan fingerprint density at radius 1 is 1.17 bits per heavy atom. The Labute approximate surface area is 169 Å². The van der Waals surface area contributed by atoms with Gasteiger partial charge in [0.25, 0.3) is 5.91 Å². The van der Waals surface area contributed by atoms with E-state index in [1.54, 1.807) is 18.2 Å². The van der Waals surface area contributed by atoms with Crippen LogP contribution in [0.15, 0.2) is 41.4 Å². The van der Waals surface area contributed by atoms with Crippen LogP contribution >= 0.6 is 0 Å². The average molecular weight is 393 g/mol. The minimum atomic E-state index is -0.102. The zero-order valence-corrected chi connectivity index (χ0v) is 16.1. The first-order valence-electron chi connectivity index (χ1n) is 9.72. The van der Waals surface area contributed by atoms with E-state index < -0.39 is 0 Å². The Bertz CT molecular complexity index is 947. The van der Waals surface area contributed by atoms with Gasteiger partial charge in [-0.15, -0.1) is 0 Å². The molecule has 2 N–H and O–H groups in total. The maximum Gasteiger partial charge on any atom is 0.251 e. The molecule has 0 radical (unpaired) electrons. The quantitative estimate of drug-likeness (QED) is 0.732. The molecule has 1 saturated heterocycles. The molecule has 0 unspecified atom stereocenters. The first-order valence-corrected chi connectivity index (χ1v) is 9.72. The summed E-state index contributed by atoms with van der Waals surface area (Å²) in [6.07, 6.45) is 1.14. The smallest absolute Gasteiger partial charge is 0.251 e. The van der Waals surface area contributed by atoms with Crippen LogP contribution in [0, 0.1) is 0 Å². The molecule has 2 aliphatic rings. The summed E-state index contributed by atoms with van der Waals surface area (Å²) in [4.78, 5) is 30.5. The summed E-state index contributed by atoms with van der Waals surface area (Å²) in [5, 5.41) is 12.8. The minimum absolute atomic E-state index is 0.0284. The van der Waals surface area contributed by atoms with E-state index in [0.717, 1.165) is 49.7 Å². The number of nitrogens with one attached hydrogen (secondary N) is 1. The van der Waals surface area contributed by atoms with Gasteiger partial charge >= 0.3 is 0 Å². The van der Waals surface area contributed by atoms with Crippen molar-refractivity contribution in [2.24, 2.45) is 4.99 Å². The van der Waals surface area contributed by atoms with Gasteiger partial charge in [0, 0.05) is 38.2 Å². The Hall–Kier alpha value is -3.03. The fourth-order valence-corrected chi connectivity index (χ4v) is 3.65. The van der Waals surface area contributed by atoms with Crippen LogP contribution in [0.5, 0.6) is 5.75 Å². The van der Waals surface area contributed by atoms with E-state index in [4.69, 9.17) is 4.74 Å². The van der Waals surface area contributed by atoms with Gasteiger partial charge in [0.1, 0.15) is 5.75 Å². The molecule has 1 amide bonds. The molecule has 29 heavy (non-hydrogen) atoms. The maximum atomic E-state index is 12.4. The predicted molar refractivity (Wildman–Crippen MR) is 109 cm³/mol. The van der Waals surface area contributed by atoms with Crippen LogP contribution in [-0.2, 0) is 11.2 Å². The largest absolute Gasteiger partial charge is 0.507 e. The molecule has 2 aromatic rings. The van der Waals surface area contributed by atoms with Crippen LogP contribution in [0.4, 0.5) is 5.69 Å². The molecule has 7 heteroatoms. The number of amides is 1. The van der Waals surface area contributed by atoms with Gasteiger partial charge in [0.2, 0.25) is 0 Å². The lowest BCUT2D eigenvalue weighted by atomic mass is 9.99. The van der Waals surface area contributed by atoms with Crippen molar-refractivity contribution in [3.8, 4) is 5.75 Å². The number of phenols is 1. The number of nitrogens with zero attached hydrogens (tertiary/aromatic N) is 2.